The van der Waals surface area contributed by atoms with E-state index in [1.54, 1.807) is 18.2 Å². The van der Waals surface area contributed by atoms with Crippen molar-refractivity contribution in [1.82, 2.24) is 5.01 Å². The highest BCUT2D eigenvalue weighted by Crippen LogP contribution is 2.37. The van der Waals surface area contributed by atoms with Crippen molar-refractivity contribution in [3.8, 4) is 5.75 Å². The first-order chi connectivity index (χ1) is 13.0. The highest BCUT2D eigenvalue weighted by Gasteiger charge is 2.34. The lowest BCUT2D eigenvalue weighted by Gasteiger charge is -2.22. The van der Waals surface area contributed by atoms with Gasteiger partial charge >= 0.3 is 5.97 Å². The van der Waals surface area contributed by atoms with Gasteiger partial charge in [-0.3, -0.25) is 9.59 Å². The maximum atomic E-state index is 12.7. The van der Waals surface area contributed by atoms with Crippen LogP contribution in [-0.4, -0.2) is 32.8 Å². The fraction of sp³-hybridized carbons (Fsp3) is 0.286. The van der Waals surface area contributed by atoms with E-state index < -0.39 is 12.0 Å². The molecule has 1 aliphatic heterocycles. The summed E-state index contributed by atoms with van der Waals surface area (Å²) in [5, 5.41) is 25.0. The van der Waals surface area contributed by atoms with Crippen LogP contribution in [-0.2, 0) is 9.59 Å². The number of hydrogen-bond acceptors (Lipinski definition) is 4. The first kappa shape index (κ1) is 18.6. The van der Waals surface area contributed by atoms with Crippen LogP contribution >= 0.6 is 0 Å². The molecule has 0 saturated heterocycles. The van der Waals surface area contributed by atoms with Crippen molar-refractivity contribution in [3.63, 3.8) is 0 Å². The number of hydrazone groups is 1. The molecule has 0 saturated carbocycles. The molecule has 0 radical (unpaired) electrons. The Labute approximate surface area is 157 Å². The van der Waals surface area contributed by atoms with E-state index in [1.807, 2.05) is 37.3 Å². The van der Waals surface area contributed by atoms with E-state index >= 15 is 0 Å². The maximum absolute atomic E-state index is 12.7. The van der Waals surface area contributed by atoms with Gasteiger partial charge in [0.05, 0.1) is 11.8 Å². The summed E-state index contributed by atoms with van der Waals surface area (Å²) in [5.41, 5.74) is 3.47. The van der Waals surface area contributed by atoms with Crippen LogP contribution in [0.5, 0.6) is 5.75 Å². The second-order valence-electron chi connectivity index (χ2n) is 6.68. The average Bonchev–Trinajstić information content (AvgIpc) is 3.07. The molecular formula is C21H22N2O4. The van der Waals surface area contributed by atoms with Crippen molar-refractivity contribution in [2.75, 3.05) is 0 Å². The molecule has 1 atom stereocenters. The van der Waals surface area contributed by atoms with Crippen molar-refractivity contribution in [2.45, 2.75) is 38.6 Å². The van der Waals surface area contributed by atoms with E-state index in [0.29, 0.717) is 12.0 Å². The summed E-state index contributed by atoms with van der Waals surface area (Å²) in [7, 11) is 0. The SMILES string of the molecule is Cc1ccc(C2=NN(C(=O)CCCC(=O)O)[C@H](c3ccccc3O)C2)cc1. The van der Waals surface area contributed by atoms with E-state index in [4.69, 9.17) is 5.11 Å². The predicted molar refractivity (Wildman–Crippen MR) is 102 cm³/mol. The molecule has 0 fully saturated rings. The molecule has 2 aromatic carbocycles. The fourth-order valence-electron chi connectivity index (χ4n) is 3.18. The number of benzene rings is 2. The number of aliphatic carboxylic acids is 1. The van der Waals surface area contributed by atoms with Crippen LogP contribution in [0.3, 0.4) is 0 Å². The lowest BCUT2D eigenvalue weighted by molar-refractivity contribution is -0.137. The number of aromatic hydroxyl groups is 1. The molecule has 2 aromatic rings. The third kappa shape index (κ3) is 4.34. The highest BCUT2D eigenvalue weighted by atomic mass is 16.4. The Morgan fingerprint density at radius 3 is 2.48 bits per heavy atom. The van der Waals surface area contributed by atoms with Gasteiger partial charge in [-0.05, 0) is 25.0 Å². The Morgan fingerprint density at radius 2 is 1.81 bits per heavy atom. The fourth-order valence-corrected chi connectivity index (χ4v) is 3.18. The van der Waals surface area contributed by atoms with Crippen LogP contribution in [0.25, 0.3) is 0 Å². The van der Waals surface area contributed by atoms with Gasteiger partial charge in [-0.1, -0.05) is 48.0 Å². The summed E-state index contributed by atoms with van der Waals surface area (Å²) >= 11 is 0. The number of para-hydroxylation sites is 1. The normalized spacial score (nSPS) is 16.3. The molecule has 3 rings (SSSR count). The van der Waals surface area contributed by atoms with Gasteiger partial charge in [-0.15, -0.1) is 0 Å². The molecule has 1 amide bonds. The molecular weight excluding hydrogens is 344 g/mol. The number of amides is 1. The number of nitrogens with zero attached hydrogens (tertiary/aromatic N) is 2. The number of carboxylic acid groups (broad SMARTS) is 1. The lowest BCUT2D eigenvalue weighted by Crippen LogP contribution is -2.27. The van der Waals surface area contributed by atoms with Crippen molar-refractivity contribution in [1.29, 1.82) is 0 Å². The number of carbonyl (C=O) groups excluding carboxylic acids is 1. The lowest BCUT2D eigenvalue weighted by atomic mass is 9.97. The number of phenolic OH excluding ortho intramolecular Hbond substituents is 1. The Balaban J connectivity index is 1.87. The van der Waals surface area contributed by atoms with E-state index in [2.05, 4.69) is 5.10 Å². The van der Waals surface area contributed by atoms with Gasteiger partial charge in [-0.25, -0.2) is 5.01 Å². The van der Waals surface area contributed by atoms with E-state index in [9.17, 15) is 14.7 Å². The summed E-state index contributed by atoms with van der Waals surface area (Å²) in [6.07, 6.45) is 0.787. The van der Waals surface area contributed by atoms with Crippen molar-refractivity contribution >= 4 is 17.6 Å². The minimum atomic E-state index is -0.926. The molecule has 0 aromatic heterocycles. The van der Waals surface area contributed by atoms with E-state index in [0.717, 1.165) is 16.8 Å². The maximum Gasteiger partial charge on any atom is 0.303 e. The number of carboxylic acids is 1. The van der Waals surface area contributed by atoms with Gasteiger partial charge < -0.3 is 10.2 Å². The Morgan fingerprint density at radius 1 is 1.11 bits per heavy atom. The van der Waals surface area contributed by atoms with Crippen LogP contribution in [0.1, 0.15) is 48.4 Å². The Bertz CT molecular complexity index is 874. The number of aryl methyl sites for hydroxylation is 1. The second-order valence-corrected chi connectivity index (χ2v) is 6.68. The summed E-state index contributed by atoms with van der Waals surface area (Å²) in [6, 6.07) is 14.4. The third-order valence-electron chi connectivity index (χ3n) is 4.63. The molecule has 0 spiro atoms. The molecule has 6 heteroatoms. The molecule has 6 nitrogen and oxygen atoms in total. The largest absolute Gasteiger partial charge is 0.508 e. The molecule has 0 aliphatic carbocycles. The van der Waals surface area contributed by atoms with Gasteiger partial charge in [-0.2, -0.15) is 5.10 Å². The number of phenols is 1. The molecule has 0 unspecified atom stereocenters. The highest BCUT2D eigenvalue weighted by molar-refractivity contribution is 6.03. The van der Waals surface area contributed by atoms with E-state index in [-0.39, 0.29) is 30.9 Å². The first-order valence-corrected chi connectivity index (χ1v) is 8.92. The minimum Gasteiger partial charge on any atom is -0.508 e. The Hall–Kier alpha value is -3.15. The zero-order valence-corrected chi connectivity index (χ0v) is 15.1. The molecule has 140 valence electrons. The van der Waals surface area contributed by atoms with Crippen LogP contribution < -0.4 is 0 Å². The molecule has 1 aliphatic rings. The zero-order chi connectivity index (χ0) is 19.4. The zero-order valence-electron chi connectivity index (χ0n) is 15.1. The summed E-state index contributed by atoms with van der Waals surface area (Å²) in [6.45, 7) is 2.00. The van der Waals surface area contributed by atoms with Crippen LogP contribution in [0.2, 0.25) is 0 Å². The van der Waals surface area contributed by atoms with Gasteiger partial charge in [0.15, 0.2) is 0 Å². The minimum absolute atomic E-state index is 0.0602. The molecule has 2 N–H and O–H groups in total. The van der Waals surface area contributed by atoms with Crippen molar-refractivity contribution < 1.29 is 19.8 Å². The average molecular weight is 366 g/mol. The van der Waals surface area contributed by atoms with E-state index in [1.165, 1.54) is 5.01 Å². The third-order valence-corrected chi connectivity index (χ3v) is 4.63. The van der Waals surface area contributed by atoms with Gasteiger partial charge in [0.25, 0.3) is 0 Å². The van der Waals surface area contributed by atoms with Crippen LogP contribution in [0, 0.1) is 6.92 Å². The quantitative estimate of drug-likeness (QED) is 0.817. The monoisotopic (exact) mass is 366 g/mol. The molecule has 0 bridgehead atoms. The van der Waals surface area contributed by atoms with Crippen molar-refractivity contribution in [3.05, 3.63) is 65.2 Å². The van der Waals surface area contributed by atoms with Crippen molar-refractivity contribution in [2.24, 2.45) is 5.10 Å². The van der Waals surface area contributed by atoms with Gasteiger partial charge in [0.2, 0.25) is 5.91 Å². The summed E-state index contributed by atoms with van der Waals surface area (Å²) in [4.78, 5) is 23.4. The molecule has 1 heterocycles. The topological polar surface area (TPSA) is 90.2 Å². The van der Waals surface area contributed by atoms with Gasteiger partial charge in [0.1, 0.15) is 5.75 Å². The summed E-state index contributed by atoms with van der Waals surface area (Å²) < 4.78 is 0. The number of rotatable bonds is 6. The molecule has 27 heavy (non-hydrogen) atoms. The standard InChI is InChI=1S/C21H22N2O4/c1-14-9-11-15(12-10-14)17-13-18(16-5-2-3-6-19(16)24)23(22-17)20(25)7-4-8-21(26)27/h2-3,5-6,9-12,18,24H,4,7-8,13H2,1H3,(H,26,27)/t18-/m0/s1. The van der Waals surface area contributed by atoms with Crippen LogP contribution in [0.15, 0.2) is 53.6 Å². The smallest absolute Gasteiger partial charge is 0.303 e. The number of carbonyl (C=O) groups is 2. The number of hydrogen-bond donors (Lipinski definition) is 2. The second kappa shape index (κ2) is 8.03. The summed E-state index contributed by atoms with van der Waals surface area (Å²) in [5.74, 6) is -1.05. The van der Waals surface area contributed by atoms with Crippen LogP contribution in [0.4, 0.5) is 0 Å². The Kier molecular flexibility index (Phi) is 5.54. The first-order valence-electron chi connectivity index (χ1n) is 8.92. The predicted octanol–water partition coefficient (Wildman–Crippen LogP) is 3.63. The van der Waals surface area contributed by atoms with Gasteiger partial charge in [0, 0.05) is 24.8 Å².